The van der Waals surface area contributed by atoms with Crippen molar-refractivity contribution in [1.82, 2.24) is 19.8 Å². The summed E-state index contributed by atoms with van der Waals surface area (Å²) in [5, 5.41) is 0. The molecule has 1 atom stereocenters. The number of nitrogens with zero attached hydrogens (tertiary/aromatic N) is 4. The van der Waals surface area contributed by atoms with Gasteiger partial charge in [0.2, 0.25) is 5.91 Å². The first-order valence-corrected chi connectivity index (χ1v) is 9.49. The molecule has 0 bridgehead atoms. The van der Waals surface area contributed by atoms with Gasteiger partial charge in [-0.1, -0.05) is 0 Å². The molecular weight excluding hydrogens is 316 g/mol. The van der Waals surface area contributed by atoms with Crippen molar-refractivity contribution >= 4 is 5.91 Å². The highest BCUT2D eigenvalue weighted by atomic mass is 16.5. The van der Waals surface area contributed by atoms with Crippen LogP contribution in [0.15, 0.2) is 12.4 Å². The molecule has 3 heterocycles. The molecule has 0 aromatic carbocycles. The molecule has 6 nitrogen and oxygen atoms in total. The molecule has 0 N–H and O–H groups in total. The van der Waals surface area contributed by atoms with Gasteiger partial charge in [-0.15, -0.1) is 0 Å². The molecule has 1 aliphatic carbocycles. The molecular formula is C19H28N4O2. The minimum atomic E-state index is -0.135. The van der Waals surface area contributed by atoms with Crippen LogP contribution in [0, 0.1) is 11.3 Å². The number of rotatable bonds is 6. The monoisotopic (exact) mass is 344 g/mol. The Kier molecular flexibility index (Phi) is 4.73. The molecule has 2 saturated heterocycles. The van der Waals surface area contributed by atoms with Gasteiger partial charge in [-0.05, 0) is 44.6 Å². The smallest absolute Gasteiger partial charge is 0.230 e. The van der Waals surface area contributed by atoms with Crippen molar-refractivity contribution in [2.45, 2.75) is 45.3 Å². The maximum atomic E-state index is 13.1. The van der Waals surface area contributed by atoms with Gasteiger partial charge in [0.05, 0.1) is 5.41 Å². The van der Waals surface area contributed by atoms with Crippen molar-refractivity contribution in [2.24, 2.45) is 11.3 Å². The average Bonchev–Trinajstić information content (AvgIpc) is 3.34. The number of hydrogen-bond donors (Lipinski definition) is 0. The summed E-state index contributed by atoms with van der Waals surface area (Å²) in [6, 6.07) is 0. The minimum absolute atomic E-state index is 0.135. The lowest BCUT2D eigenvalue weighted by atomic mass is 9.78. The third-order valence-corrected chi connectivity index (χ3v) is 5.87. The third kappa shape index (κ3) is 3.70. The highest BCUT2D eigenvalue weighted by Crippen LogP contribution is 2.42. The number of carbonyl (C=O) groups is 1. The van der Waals surface area contributed by atoms with Crippen LogP contribution in [0.5, 0.6) is 0 Å². The number of piperidine rings is 1. The van der Waals surface area contributed by atoms with E-state index in [4.69, 9.17) is 4.74 Å². The number of ether oxygens (including phenoxy) is 1. The number of hydrogen-bond acceptors (Lipinski definition) is 5. The van der Waals surface area contributed by atoms with Crippen molar-refractivity contribution in [3.8, 4) is 0 Å². The Morgan fingerprint density at radius 3 is 2.76 bits per heavy atom. The topological polar surface area (TPSA) is 58.6 Å². The maximum absolute atomic E-state index is 13.1. The molecule has 0 radical (unpaired) electrons. The van der Waals surface area contributed by atoms with Crippen LogP contribution in [0.25, 0.3) is 0 Å². The van der Waals surface area contributed by atoms with Gasteiger partial charge in [-0.3, -0.25) is 9.69 Å². The summed E-state index contributed by atoms with van der Waals surface area (Å²) < 4.78 is 5.05. The second kappa shape index (κ2) is 7.00. The first-order chi connectivity index (χ1) is 12.2. The number of methoxy groups -OCH3 is 1. The van der Waals surface area contributed by atoms with Crippen molar-refractivity contribution in [3.63, 3.8) is 0 Å². The van der Waals surface area contributed by atoms with Crippen LogP contribution in [-0.4, -0.2) is 59.0 Å². The Morgan fingerprint density at radius 2 is 2.04 bits per heavy atom. The van der Waals surface area contributed by atoms with Crippen molar-refractivity contribution in [1.29, 1.82) is 0 Å². The first kappa shape index (κ1) is 16.9. The Morgan fingerprint density at radius 1 is 1.24 bits per heavy atom. The van der Waals surface area contributed by atoms with E-state index < -0.39 is 0 Å². The summed E-state index contributed by atoms with van der Waals surface area (Å²) in [7, 11) is 1.65. The molecule has 2 aliphatic heterocycles. The zero-order valence-corrected chi connectivity index (χ0v) is 15.1. The molecule has 3 fully saturated rings. The van der Waals surface area contributed by atoms with Gasteiger partial charge in [0, 0.05) is 51.2 Å². The minimum Gasteiger partial charge on any atom is -0.377 e. The lowest BCUT2D eigenvalue weighted by Crippen LogP contribution is -2.50. The number of amides is 1. The summed E-state index contributed by atoms with van der Waals surface area (Å²) in [5.74, 6) is 1.90. The fourth-order valence-corrected chi connectivity index (χ4v) is 4.34. The molecule has 1 saturated carbocycles. The highest BCUT2D eigenvalue weighted by Gasteiger charge is 2.48. The molecule has 0 unspecified atom stereocenters. The van der Waals surface area contributed by atoms with E-state index in [1.807, 2.05) is 12.4 Å². The fraction of sp³-hybridized carbons (Fsp3) is 0.737. The van der Waals surface area contributed by atoms with Crippen LogP contribution in [0.2, 0.25) is 0 Å². The van der Waals surface area contributed by atoms with Gasteiger partial charge >= 0.3 is 0 Å². The summed E-state index contributed by atoms with van der Waals surface area (Å²) >= 11 is 0. The van der Waals surface area contributed by atoms with Crippen LogP contribution in [0.4, 0.5) is 0 Å². The Labute approximate surface area is 149 Å². The van der Waals surface area contributed by atoms with E-state index in [1.165, 1.54) is 12.8 Å². The van der Waals surface area contributed by atoms with E-state index in [0.717, 1.165) is 63.5 Å². The number of aromatic nitrogens is 2. The van der Waals surface area contributed by atoms with Gasteiger partial charge in [-0.25, -0.2) is 9.97 Å². The molecule has 1 aromatic heterocycles. The normalized spacial score (nSPS) is 27.4. The van der Waals surface area contributed by atoms with Gasteiger partial charge in [-0.2, -0.15) is 0 Å². The zero-order chi connectivity index (χ0) is 17.3. The van der Waals surface area contributed by atoms with Crippen molar-refractivity contribution in [2.75, 3.05) is 33.3 Å². The van der Waals surface area contributed by atoms with Gasteiger partial charge in [0.15, 0.2) is 5.82 Å². The number of carbonyl (C=O) groups excluding carboxylic acids is 1. The first-order valence-electron chi connectivity index (χ1n) is 9.49. The summed E-state index contributed by atoms with van der Waals surface area (Å²) in [5.41, 5.74) is 0.972. The largest absolute Gasteiger partial charge is 0.377 e. The fourth-order valence-electron chi connectivity index (χ4n) is 4.34. The van der Waals surface area contributed by atoms with E-state index in [1.54, 1.807) is 7.11 Å². The van der Waals surface area contributed by atoms with E-state index in [2.05, 4.69) is 19.8 Å². The predicted octanol–water partition coefficient (Wildman–Crippen LogP) is 1.85. The molecule has 1 amide bonds. The molecule has 25 heavy (non-hydrogen) atoms. The summed E-state index contributed by atoms with van der Waals surface area (Å²) in [6.07, 6.45) is 9.58. The lowest BCUT2D eigenvalue weighted by Gasteiger charge is -2.39. The zero-order valence-electron chi connectivity index (χ0n) is 15.1. The van der Waals surface area contributed by atoms with Crippen molar-refractivity contribution in [3.05, 3.63) is 23.8 Å². The van der Waals surface area contributed by atoms with E-state index in [9.17, 15) is 4.79 Å². The van der Waals surface area contributed by atoms with Crippen LogP contribution < -0.4 is 0 Å². The van der Waals surface area contributed by atoms with E-state index in [0.29, 0.717) is 18.3 Å². The Hall–Kier alpha value is -1.53. The summed E-state index contributed by atoms with van der Waals surface area (Å²) in [6.45, 7) is 5.10. The Bertz CT molecular complexity index is 616. The molecule has 136 valence electrons. The molecule has 1 aromatic rings. The quantitative estimate of drug-likeness (QED) is 0.788. The highest BCUT2D eigenvalue weighted by molar-refractivity contribution is 5.84. The molecule has 6 heteroatoms. The van der Waals surface area contributed by atoms with Gasteiger partial charge in [0.1, 0.15) is 6.61 Å². The van der Waals surface area contributed by atoms with Crippen LogP contribution in [-0.2, 0) is 22.7 Å². The molecule has 4 rings (SSSR count). The average molecular weight is 344 g/mol. The molecule has 3 aliphatic rings. The standard InChI is InChI=1S/C19H28N4O2/c1-25-13-17-20-9-16(10-21-17)11-22-8-6-19(14-22)5-2-7-23(18(19)24)12-15-3-4-15/h9-10,15H,2-8,11-14H2,1H3/t19-/m1/s1. The van der Waals surface area contributed by atoms with Crippen LogP contribution in [0.3, 0.4) is 0 Å². The predicted molar refractivity (Wildman–Crippen MR) is 93.6 cm³/mol. The SMILES string of the molecule is COCc1ncc(CN2CC[C@]3(CCCN(CC4CC4)C3=O)C2)cn1. The third-order valence-electron chi connectivity index (χ3n) is 5.87. The van der Waals surface area contributed by atoms with Gasteiger partial charge in [0.25, 0.3) is 0 Å². The van der Waals surface area contributed by atoms with Gasteiger partial charge < -0.3 is 9.64 Å². The van der Waals surface area contributed by atoms with E-state index in [-0.39, 0.29) is 5.41 Å². The second-order valence-corrected chi connectivity index (χ2v) is 7.98. The Balaban J connectivity index is 1.37. The second-order valence-electron chi connectivity index (χ2n) is 7.98. The van der Waals surface area contributed by atoms with Crippen molar-refractivity contribution < 1.29 is 9.53 Å². The van der Waals surface area contributed by atoms with Crippen LogP contribution >= 0.6 is 0 Å². The van der Waals surface area contributed by atoms with Crippen LogP contribution in [0.1, 0.15) is 43.5 Å². The number of likely N-dealkylation sites (tertiary alicyclic amines) is 2. The molecule has 1 spiro atoms. The lowest BCUT2D eigenvalue weighted by molar-refractivity contribution is -0.145. The maximum Gasteiger partial charge on any atom is 0.230 e. The summed E-state index contributed by atoms with van der Waals surface area (Å²) in [4.78, 5) is 26.3. The van der Waals surface area contributed by atoms with E-state index >= 15 is 0 Å².